The monoisotopic (exact) mass is 276 g/mol. The first kappa shape index (κ1) is 13.9. The van der Waals surface area contributed by atoms with Gasteiger partial charge in [-0.3, -0.25) is 4.79 Å². The van der Waals surface area contributed by atoms with Gasteiger partial charge in [0.15, 0.2) is 0 Å². The van der Waals surface area contributed by atoms with E-state index in [4.69, 9.17) is 14.9 Å². The van der Waals surface area contributed by atoms with Crippen LogP contribution in [0.1, 0.15) is 23.9 Å². The van der Waals surface area contributed by atoms with Gasteiger partial charge in [-0.05, 0) is 31.2 Å². The lowest BCUT2D eigenvalue weighted by Crippen LogP contribution is -2.24. The van der Waals surface area contributed by atoms with Crippen LogP contribution in [0.2, 0.25) is 0 Å². The van der Waals surface area contributed by atoms with Crippen LogP contribution in [0.4, 0.5) is 5.69 Å². The van der Waals surface area contributed by atoms with Gasteiger partial charge in [0.1, 0.15) is 12.2 Å². The number of benzene rings is 1. The van der Waals surface area contributed by atoms with E-state index in [1.54, 1.807) is 24.3 Å². The third-order valence-corrected chi connectivity index (χ3v) is 2.68. The third kappa shape index (κ3) is 3.28. The molecule has 0 atom stereocenters. The highest BCUT2D eigenvalue weighted by Crippen LogP contribution is 2.22. The zero-order valence-corrected chi connectivity index (χ0v) is 11.1. The minimum Gasteiger partial charge on any atom is -0.459 e. The second kappa shape index (κ2) is 6.10. The molecular formula is C14H16N2O4. The Morgan fingerprint density at radius 1 is 1.35 bits per heavy atom. The second-order valence-electron chi connectivity index (χ2n) is 4.25. The van der Waals surface area contributed by atoms with E-state index in [-0.39, 0.29) is 24.7 Å². The average Bonchev–Trinajstić information content (AvgIpc) is 2.82. The van der Waals surface area contributed by atoms with Gasteiger partial charge in [0, 0.05) is 17.6 Å². The molecule has 0 saturated heterocycles. The Morgan fingerprint density at radius 2 is 2.15 bits per heavy atom. The summed E-state index contributed by atoms with van der Waals surface area (Å²) in [4.78, 5) is 23.0. The molecule has 0 fully saturated rings. The number of carbonyl (C=O) groups is 2. The summed E-state index contributed by atoms with van der Waals surface area (Å²) in [5.74, 6) is -0.650. The largest absolute Gasteiger partial charge is 0.459 e. The number of amides is 1. The SMILES string of the molecule is CCNC(=O)CCOC(=O)c1cc2cc(N)ccc2o1. The van der Waals surface area contributed by atoms with E-state index in [1.165, 1.54) is 0 Å². The van der Waals surface area contributed by atoms with E-state index in [1.807, 2.05) is 6.92 Å². The van der Waals surface area contributed by atoms with Crippen molar-refractivity contribution in [3.8, 4) is 0 Å². The lowest BCUT2D eigenvalue weighted by molar-refractivity contribution is -0.121. The number of anilines is 1. The van der Waals surface area contributed by atoms with Crippen molar-refractivity contribution in [2.45, 2.75) is 13.3 Å². The van der Waals surface area contributed by atoms with Crippen LogP contribution >= 0.6 is 0 Å². The van der Waals surface area contributed by atoms with Gasteiger partial charge >= 0.3 is 5.97 Å². The Morgan fingerprint density at radius 3 is 2.90 bits per heavy atom. The molecule has 3 N–H and O–H groups in total. The van der Waals surface area contributed by atoms with Crippen LogP contribution in [-0.2, 0) is 9.53 Å². The number of nitrogens with one attached hydrogen (secondary N) is 1. The molecule has 1 aromatic heterocycles. The van der Waals surface area contributed by atoms with Crippen LogP contribution in [0.5, 0.6) is 0 Å². The number of rotatable bonds is 5. The molecule has 0 saturated carbocycles. The van der Waals surface area contributed by atoms with Gasteiger partial charge < -0.3 is 20.2 Å². The van der Waals surface area contributed by atoms with Crippen molar-refractivity contribution in [2.24, 2.45) is 0 Å². The molecule has 0 aliphatic carbocycles. The van der Waals surface area contributed by atoms with E-state index in [2.05, 4.69) is 5.32 Å². The topological polar surface area (TPSA) is 94.6 Å². The maximum atomic E-state index is 11.8. The molecule has 0 unspecified atom stereocenters. The first-order valence-corrected chi connectivity index (χ1v) is 6.33. The molecule has 0 bridgehead atoms. The van der Waals surface area contributed by atoms with Gasteiger partial charge in [0.25, 0.3) is 0 Å². The Kier molecular flexibility index (Phi) is 4.24. The lowest BCUT2D eigenvalue weighted by Gasteiger charge is -2.02. The first-order chi connectivity index (χ1) is 9.60. The fraction of sp³-hybridized carbons (Fsp3) is 0.286. The number of nitrogen functional groups attached to an aromatic ring is 1. The fourth-order valence-electron chi connectivity index (χ4n) is 1.76. The average molecular weight is 276 g/mol. The molecule has 2 rings (SSSR count). The Balaban J connectivity index is 1.95. The van der Waals surface area contributed by atoms with Crippen LogP contribution in [0.25, 0.3) is 11.0 Å². The Hall–Kier alpha value is -2.50. The molecular weight excluding hydrogens is 260 g/mol. The molecule has 0 radical (unpaired) electrons. The van der Waals surface area contributed by atoms with Crippen LogP contribution in [-0.4, -0.2) is 25.0 Å². The van der Waals surface area contributed by atoms with Gasteiger partial charge in [0.2, 0.25) is 11.7 Å². The summed E-state index contributed by atoms with van der Waals surface area (Å²) < 4.78 is 10.3. The van der Waals surface area contributed by atoms with Crippen LogP contribution in [0, 0.1) is 0 Å². The number of nitrogens with two attached hydrogens (primary N) is 1. The van der Waals surface area contributed by atoms with Crippen LogP contribution in [0.15, 0.2) is 28.7 Å². The third-order valence-electron chi connectivity index (χ3n) is 2.68. The van der Waals surface area contributed by atoms with Gasteiger partial charge in [-0.25, -0.2) is 4.79 Å². The van der Waals surface area contributed by atoms with E-state index in [0.29, 0.717) is 17.8 Å². The molecule has 20 heavy (non-hydrogen) atoms. The highest BCUT2D eigenvalue weighted by atomic mass is 16.5. The number of esters is 1. The molecule has 6 nitrogen and oxygen atoms in total. The van der Waals surface area contributed by atoms with Crippen molar-refractivity contribution < 1.29 is 18.7 Å². The number of hydrogen-bond acceptors (Lipinski definition) is 5. The maximum Gasteiger partial charge on any atom is 0.374 e. The maximum absolute atomic E-state index is 11.8. The standard InChI is InChI=1S/C14H16N2O4/c1-2-16-13(17)5-6-19-14(18)12-8-9-7-10(15)3-4-11(9)20-12/h3-4,7-8H,2,5-6,15H2,1H3,(H,16,17). The molecule has 106 valence electrons. The highest BCUT2D eigenvalue weighted by Gasteiger charge is 2.14. The van der Waals surface area contributed by atoms with Crippen molar-refractivity contribution in [3.05, 3.63) is 30.0 Å². The minimum absolute atomic E-state index is 0.0177. The van der Waals surface area contributed by atoms with Gasteiger partial charge in [-0.1, -0.05) is 0 Å². The Bertz CT molecular complexity index is 633. The Labute approximate surface area is 115 Å². The number of fused-ring (bicyclic) bond motifs is 1. The smallest absolute Gasteiger partial charge is 0.374 e. The van der Waals surface area contributed by atoms with Crippen LogP contribution in [0.3, 0.4) is 0 Å². The lowest BCUT2D eigenvalue weighted by atomic mass is 10.2. The van der Waals surface area contributed by atoms with Gasteiger partial charge in [-0.2, -0.15) is 0 Å². The molecule has 2 aromatic rings. The van der Waals surface area contributed by atoms with Crippen molar-refractivity contribution in [1.29, 1.82) is 0 Å². The molecule has 1 amide bonds. The van der Waals surface area contributed by atoms with Crippen molar-refractivity contribution in [3.63, 3.8) is 0 Å². The predicted octanol–water partition coefficient (Wildman–Crippen LogP) is 1.70. The summed E-state index contributed by atoms with van der Waals surface area (Å²) in [7, 11) is 0. The number of carbonyl (C=O) groups excluding carboxylic acids is 2. The van der Waals surface area contributed by atoms with Crippen LogP contribution < -0.4 is 11.1 Å². The summed E-state index contributed by atoms with van der Waals surface area (Å²) in [6.45, 7) is 2.39. The first-order valence-electron chi connectivity index (χ1n) is 6.33. The van der Waals surface area contributed by atoms with Crippen molar-refractivity contribution in [1.82, 2.24) is 5.32 Å². The second-order valence-corrected chi connectivity index (χ2v) is 4.25. The fourth-order valence-corrected chi connectivity index (χ4v) is 1.76. The minimum atomic E-state index is -0.593. The summed E-state index contributed by atoms with van der Waals surface area (Å²) in [5.41, 5.74) is 6.81. The molecule has 0 spiro atoms. The van der Waals surface area contributed by atoms with Gasteiger partial charge in [-0.15, -0.1) is 0 Å². The van der Waals surface area contributed by atoms with Crippen molar-refractivity contribution in [2.75, 3.05) is 18.9 Å². The molecule has 6 heteroatoms. The zero-order chi connectivity index (χ0) is 14.5. The number of furan rings is 1. The molecule has 0 aliphatic heterocycles. The normalized spacial score (nSPS) is 10.4. The number of ether oxygens (including phenoxy) is 1. The quantitative estimate of drug-likeness (QED) is 0.640. The molecule has 1 aromatic carbocycles. The molecule has 1 heterocycles. The van der Waals surface area contributed by atoms with Gasteiger partial charge in [0.05, 0.1) is 6.42 Å². The van der Waals surface area contributed by atoms with E-state index in [0.717, 1.165) is 5.39 Å². The summed E-state index contributed by atoms with van der Waals surface area (Å²) in [6, 6.07) is 6.66. The summed E-state index contributed by atoms with van der Waals surface area (Å²) in [5, 5.41) is 3.36. The van der Waals surface area contributed by atoms with E-state index in [9.17, 15) is 9.59 Å². The zero-order valence-electron chi connectivity index (χ0n) is 11.1. The summed E-state index contributed by atoms with van der Waals surface area (Å²) in [6.07, 6.45) is 0.132. The highest BCUT2D eigenvalue weighted by molar-refractivity contribution is 5.93. The number of hydrogen-bond donors (Lipinski definition) is 2. The molecule has 0 aliphatic rings. The van der Waals surface area contributed by atoms with Crippen molar-refractivity contribution >= 4 is 28.5 Å². The summed E-state index contributed by atoms with van der Waals surface area (Å²) >= 11 is 0. The van der Waals surface area contributed by atoms with E-state index < -0.39 is 5.97 Å². The van der Waals surface area contributed by atoms with E-state index >= 15 is 0 Å². The predicted molar refractivity (Wildman–Crippen MR) is 74.2 cm³/mol.